The molecule has 0 aliphatic carbocycles. The van der Waals surface area contributed by atoms with Crippen LogP contribution in [-0.4, -0.2) is 60.5 Å². The molecule has 2 aliphatic rings. The predicted molar refractivity (Wildman–Crippen MR) is 93.8 cm³/mol. The molecule has 3 atom stereocenters. The SMILES string of the molecule is O=C(Nc1ccc(Cl)c(Cl)c1)N[C@H]1C[C@H]2CO[C@@H](CCO)CN2C1. The number of anilines is 1. The lowest BCUT2D eigenvalue weighted by molar-refractivity contribution is -0.0566. The van der Waals surface area contributed by atoms with Crippen LogP contribution in [-0.2, 0) is 4.74 Å². The van der Waals surface area contributed by atoms with E-state index in [4.69, 9.17) is 33.0 Å². The van der Waals surface area contributed by atoms with Crippen molar-refractivity contribution in [2.75, 3.05) is 31.6 Å². The van der Waals surface area contributed by atoms with Gasteiger partial charge in [-0.15, -0.1) is 0 Å². The first-order valence-electron chi connectivity index (χ1n) is 8.04. The first-order valence-corrected chi connectivity index (χ1v) is 8.80. The molecule has 2 heterocycles. The average Bonchev–Trinajstić information content (AvgIpc) is 2.92. The van der Waals surface area contributed by atoms with Gasteiger partial charge < -0.3 is 20.5 Å². The zero-order valence-corrected chi connectivity index (χ0v) is 14.7. The Bertz CT molecular complexity index is 602. The van der Waals surface area contributed by atoms with Crippen LogP contribution in [0.2, 0.25) is 10.0 Å². The van der Waals surface area contributed by atoms with Crippen molar-refractivity contribution >= 4 is 34.9 Å². The molecule has 6 nitrogen and oxygen atoms in total. The number of carbonyl (C=O) groups is 1. The molecule has 24 heavy (non-hydrogen) atoms. The van der Waals surface area contributed by atoms with Crippen LogP contribution in [0.25, 0.3) is 0 Å². The molecule has 2 fully saturated rings. The summed E-state index contributed by atoms with van der Waals surface area (Å²) in [6.07, 6.45) is 1.59. The number of amides is 2. The van der Waals surface area contributed by atoms with E-state index in [-0.39, 0.29) is 24.8 Å². The number of halogens is 2. The molecule has 0 unspecified atom stereocenters. The lowest BCUT2D eigenvalue weighted by atomic mass is 10.1. The van der Waals surface area contributed by atoms with E-state index in [0.717, 1.165) is 19.5 Å². The molecule has 8 heteroatoms. The van der Waals surface area contributed by atoms with E-state index in [0.29, 0.717) is 34.8 Å². The second-order valence-electron chi connectivity index (χ2n) is 6.24. The summed E-state index contributed by atoms with van der Waals surface area (Å²) in [5, 5.41) is 15.6. The van der Waals surface area contributed by atoms with E-state index in [1.807, 2.05) is 0 Å². The van der Waals surface area contributed by atoms with Crippen molar-refractivity contribution in [3.05, 3.63) is 28.2 Å². The topological polar surface area (TPSA) is 73.8 Å². The summed E-state index contributed by atoms with van der Waals surface area (Å²) >= 11 is 11.8. The summed E-state index contributed by atoms with van der Waals surface area (Å²) in [5.74, 6) is 0. The Morgan fingerprint density at radius 3 is 2.92 bits per heavy atom. The van der Waals surface area contributed by atoms with E-state index < -0.39 is 0 Å². The van der Waals surface area contributed by atoms with Gasteiger partial charge in [-0.25, -0.2) is 4.79 Å². The Balaban J connectivity index is 1.50. The molecule has 0 saturated carbocycles. The quantitative estimate of drug-likeness (QED) is 0.757. The maximum absolute atomic E-state index is 12.2. The van der Waals surface area contributed by atoms with Crippen LogP contribution in [0, 0.1) is 0 Å². The number of morpholine rings is 1. The minimum absolute atomic E-state index is 0.0780. The Labute approximate surface area is 151 Å². The third-order valence-corrected chi connectivity index (χ3v) is 5.19. The standard InChI is InChI=1S/C16H21Cl2N3O3/c17-14-2-1-10(6-15(14)18)19-16(23)20-11-5-12-9-24-13(3-4-22)8-21(12)7-11/h1-2,6,11-13,22H,3-5,7-9H2,(H2,19,20,23)/t11-,12-,13-/m0/s1. The summed E-state index contributed by atoms with van der Waals surface area (Å²) in [5.41, 5.74) is 0.601. The van der Waals surface area contributed by atoms with Crippen LogP contribution in [0.15, 0.2) is 18.2 Å². The second kappa shape index (κ2) is 7.89. The smallest absolute Gasteiger partial charge is 0.319 e. The fourth-order valence-corrected chi connectivity index (χ4v) is 3.59. The summed E-state index contributed by atoms with van der Waals surface area (Å²) in [7, 11) is 0. The van der Waals surface area contributed by atoms with E-state index in [1.165, 1.54) is 0 Å². The molecular weight excluding hydrogens is 353 g/mol. The maximum Gasteiger partial charge on any atom is 0.319 e. The van der Waals surface area contributed by atoms with Crippen LogP contribution in [0.3, 0.4) is 0 Å². The Kier molecular flexibility index (Phi) is 5.84. The largest absolute Gasteiger partial charge is 0.396 e. The number of carbonyl (C=O) groups excluding carboxylic acids is 1. The van der Waals surface area contributed by atoms with Crippen molar-refractivity contribution in [1.82, 2.24) is 10.2 Å². The number of ether oxygens (including phenoxy) is 1. The highest BCUT2D eigenvalue weighted by Gasteiger charge is 2.37. The monoisotopic (exact) mass is 373 g/mol. The number of urea groups is 1. The summed E-state index contributed by atoms with van der Waals surface area (Å²) in [4.78, 5) is 14.5. The first kappa shape index (κ1) is 17.8. The number of hydrogen-bond acceptors (Lipinski definition) is 4. The van der Waals surface area contributed by atoms with Gasteiger partial charge in [0.05, 0.1) is 22.8 Å². The van der Waals surface area contributed by atoms with Crippen molar-refractivity contribution in [3.8, 4) is 0 Å². The summed E-state index contributed by atoms with van der Waals surface area (Å²) in [6.45, 7) is 2.39. The molecule has 2 saturated heterocycles. The summed E-state index contributed by atoms with van der Waals surface area (Å²) in [6, 6.07) is 5.12. The van der Waals surface area contributed by atoms with Crippen LogP contribution in [0.4, 0.5) is 10.5 Å². The van der Waals surface area contributed by atoms with Crippen molar-refractivity contribution in [2.45, 2.75) is 31.0 Å². The average molecular weight is 374 g/mol. The van der Waals surface area contributed by atoms with Gasteiger partial charge in [0.2, 0.25) is 0 Å². The fraction of sp³-hybridized carbons (Fsp3) is 0.562. The second-order valence-corrected chi connectivity index (χ2v) is 7.05. The van der Waals surface area contributed by atoms with Crippen molar-refractivity contribution in [3.63, 3.8) is 0 Å². The highest BCUT2D eigenvalue weighted by Crippen LogP contribution is 2.26. The molecular formula is C16H21Cl2N3O3. The molecule has 0 radical (unpaired) electrons. The molecule has 2 aliphatic heterocycles. The maximum atomic E-state index is 12.2. The van der Waals surface area contributed by atoms with Gasteiger partial charge in [0, 0.05) is 37.5 Å². The van der Waals surface area contributed by atoms with Crippen molar-refractivity contribution in [2.24, 2.45) is 0 Å². The van der Waals surface area contributed by atoms with Crippen LogP contribution >= 0.6 is 23.2 Å². The zero-order valence-electron chi connectivity index (χ0n) is 13.2. The van der Waals surface area contributed by atoms with E-state index >= 15 is 0 Å². The number of benzene rings is 1. The van der Waals surface area contributed by atoms with E-state index in [9.17, 15) is 4.79 Å². The molecule has 0 bridgehead atoms. The number of aliphatic hydroxyl groups is 1. The molecule has 0 spiro atoms. The normalized spacial score (nSPS) is 26.9. The molecule has 132 valence electrons. The Hall–Kier alpha value is -1.05. The van der Waals surface area contributed by atoms with Crippen LogP contribution in [0.5, 0.6) is 0 Å². The predicted octanol–water partition coefficient (Wildman–Crippen LogP) is 2.34. The highest BCUT2D eigenvalue weighted by molar-refractivity contribution is 6.42. The zero-order chi connectivity index (χ0) is 17.1. The van der Waals surface area contributed by atoms with Gasteiger partial charge in [-0.2, -0.15) is 0 Å². The van der Waals surface area contributed by atoms with Crippen LogP contribution < -0.4 is 10.6 Å². The molecule has 2 amide bonds. The molecule has 3 N–H and O–H groups in total. The van der Waals surface area contributed by atoms with Gasteiger partial charge in [-0.1, -0.05) is 23.2 Å². The van der Waals surface area contributed by atoms with Gasteiger partial charge >= 0.3 is 6.03 Å². The van der Waals surface area contributed by atoms with Crippen LogP contribution in [0.1, 0.15) is 12.8 Å². The third-order valence-electron chi connectivity index (χ3n) is 4.45. The lowest BCUT2D eigenvalue weighted by Crippen LogP contribution is -2.46. The van der Waals surface area contributed by atoms with Crippen molar-refractivity contribution in [1.29, 1.82) is 0 Å². The van der Waals surface area contributed by atoms with E-state index in [1.54, 1.807) is 18.2 Å². The fourth-order valence-electron chi connectivity index (χ4n) is 3.29. The lowest BCUT2D eigenvalue weighted by Gasteiger charge is -2.34. The first-order chi connectivity index (χ1) is 11.5. The Morgan fingerprint density at radius 1 is 1.33 bits per heavy atom. The summed E-state index contributed by atoms with van der Waals surface area (Å²) < 4.78 is 5.75. The molecule has 1 aromatic rings. The Morgan fingerprint density at radius 2 is 2.17 bits per heavy atom. The number of aliphatic hydroxyl groups excluding tert-OH is 1. The molecule has 1 aromatic carbocycles. The third kappa shape index (κ3) is 4.32. The number of nitrogens with one attached hydrogen (secondary N) is 2. The van der Waals surface area contributed by atoms with Crippen molar-refractivity contribution < 1.29 is 14.6 Å². The molecule has 0 aromatic heterocycles. The minimum Gasteiger partial charge on any atom is -0.396 e. The number of fused-ring (bicyclic) bond motifs is 1. The number of rotatable bonds is 4. The van der Waals surface area contributed by atoms with Gasteiger partial charge in [0.25, 0.3) is 0 Å². The highest BCUT2D eigenvalue weighted by atomic mass is 35.5. The van der Waals surface area contributed by atoms with Gasteiger partial charge in [-0.05, 0) is 31.0 Å². The van der Waals surface area contributed by atoms with Gasteiger partial charge in [0.15, 0.2) is 0 Å². The number of hydrogen-bond donors (Lipinski definition) is 3. The van der Waals surface area contributed by atoms with Gasteiger partial charge in [-0.3, -0.25) is 4.90 Å². The van der Waals surface area contributed by atoms with Gasteiger partial charge in [0.1, 0.15) is 0 Å². The number of nitrogens with zero attached hydrogens (tertiary/aromatic N) is 1. The molecule has 3 rings (SSSR count). The van der Waals surface area contributed by atoms with E-state index in [2.05, 4.69) is 15.5 Å². The minimum atomic E-state index is -0.258.